The van der Waals surface area contributed by atoms with E-state index in [-0.39, 0.29) is 5.69 Å². The number of nitrogens with one attached hydrogen (secondary N) is 2. The number of carboxylic acids is 1. The van der Waals surface area contributed by atoms with Crippen LogP contribution in [0.3, 0.4) is 0 Å². The number of aromatic carboxylic acids is 1. The molecule has 0 fully saturated rings. The number of pyridine rings is 1. The second-order valence-electron chi connectivity index (χ2n) is 4.85. The van der Waals surface area contributed by atoms with Gasteiger partial charge in [-0.15, -0.1) is 0 Å². The van der Waals surface area contributed by atoms with Gasteiger partial charge in [0.05, 0.1) is 18.1 Å². The lowest BCUT2D eigenvalue weighted by Gasteiger charge is -2.25. The minimum Gasteiger partial charge on any atom is -0.477 e. The molecule has 0 bridgehead atoms. The SMILES string of the molecule is CC(C)(CNc1ccc(C(=O)O)nc1)NS(C)(=O)=O. The molecular weight excluding hydrogens is 270 g/mol. The standard InChI is InChI=1S/C11H17N3O4S/c1-11(2,14-19(3,17)18)7-13-8-4-5-9(10(15)16)12-6-8/h4-6,13-14H,7H2,1-3H3,(H,15,16). The van der Waals surface area contributed by atoms with Crippen LogP contribution < -0.4 is 10.0 Å². The van der Waals surface area contributed by atoms with Crippen molar-refractivity contribution < 1.29 is 18.3 Å². The fourth-order valence-corrected chi connectivity index (χ4v) is 2.56. The normalized spacial score (nSPS) is 12.2. The topological polar surface area (TPSA) is 108 Å². The van der Waals surface area contributed by atoms with Crippen LogP contribution in [0.4, 0.5) is 5.69 Å². The van der Waals surface area contributed by atoms with Crippen molar-refractivity contribution in [2.45, 2.75) is 19.4 Å². The highest BCUT2D eigenvalue weighted by molar-refractivity contribution is 7.88. The molecule has 1 heterocycles. The molecule has 1 aromatic heterocycles. The average molecular weight is 287 g/mol. The van der Waals surface area contributed by atoms with Gasteiger partial charge in [0.25, 0.3) is 0 Å². The zero-order chi connectivity index (χ0) is 14.7. The van der Waals surface area contributed by atoms with Crippen LogP contribution in [0.1, 0.15) is 24.3 Å². The van der Waals surface area contributed by atoms with Crippen molar-refractivity contribution in [3.8, 4) is 0 Å². The first-order chi connectivity index (χ1) is 8.59. The van der Waals surface area contributed by atoms with Gasteiger partial charge in [0.2, 0.25) is 10.0 Å². The monoisotopic (exact) mass is 287 g/mol. The van der Waals surface area contributed by atoms with Gasteiger partial charge in [-0.1, -0.05) is 0 Å². The third kappa shape index (κ3) is 5.66. The lowest BCUT2D eigenvalue weighted by molar-refractivity contribution is 0.0690. The maximum absolute atomic E-state index is 11.2. The summed E-state index contributed by atoms with van der Waals surface area (Å²) in [7, 11) is -3.29. The molecule has 19 heavy (non-hydrogen) atoms. The van der Waals surface area contributed by atoms with Gasteiger partial charge >= 0.3 is 5.97 Å². The van der Waals surface area contributed by atoms with Gasteiger partial charge in [0.15, 0.2) is 0 Å². The molecule has 3 N–H and O–H groups in total. The molecule has 0 saturated carbocycles. The van der Waals surface area contributed by atoms with Gasteiger partial charge in [0.1, 0.15) is 5.69 Å². The van der Waals surface area contributed by atoms with E-state index in [1.807, 2.05) is 0 Å². The molecule has 0 aliphatic rings. The lowest BCUT2D eigenvalue weighted by Crippen LogP contribution is -2.47. The second-order valence-corrected chi connectivity index (χ2v) is 6.60. The lowest BCUT2D eigenvalue weighted by atomic mass is 10.1. The van der Waals surface area contributed by atoms with Crippen LogP contribution in [-0.4, -0.2) is 42.8 Å². The Hall–Kier alpha value is -1.67. The van der Waals surface area contributed by atoms with Crippen molar-refractivity contribution in [1.82, 2.24) is 9.71 Å². The van der Waals surface area contributed by atoms with E-state index in [4.69, 9.17) is 5.11 Å². The van der Waals surface area contributed by atoms with E-state index in [0.717, 1.165) is 6.26 Å². The number of anilines is 1. The molecule has 0 saturated heterocycles. The number of hydrogen-bond donors (Lipinski definition) is 3. The second kappa shape index (κ2) is 5.54. The van der Waals surface area contributed by atoms with Gasteiger partial charge in [-0.3, -0.25) is 0 Å². The van der Waals surface area contributed by atoms with Crippen molar-refractivity contribution in [2.24, 2.45) is 0 Å². The van der Waals surface area contributed by atoms with Gasteiger partial charge in [-0.2, -0.15) is 0 Å². The van der Waals surface area contributed by atoms with Crippen molar-refractivity contribution in [3.63, 3.8) is 0 Å². The number of sulfonamides is 1. The molecule has 0 spiro atoms. The Balaban J connectivity index is 2.64. The predicted molar refractivity (Wildman–Crippen MR) is 71.7 cm³/mol. The molecule has 0 aliphatic carbocycles. The number of nitrogens with zero attached hydrogens (tertiary/aromatic N) is 1. The van der Waals surface area contributed by atoms with Crippen molar-refractivity contribution in [1.29, 1.82) is 0 Å². The molecule has 7 nitrogen and oxygen atoms in total. The fourth-order valence-electron chi connectivity index (χ4n) is 1.49. The van der Waals surface area contributed by atoms with E-state index >= 15 is 0 Å². The smallest absolute Gasteiger partial charge is 0.354 e. The summed E-state index contributed by atoms with van der Waals surface area (Å²) < 4.78 is 24.8. The van der Waals surface area contributed by atoms with Crippen molar-refractivity contribution in [2.75, 3.05) is 18.1 Å². The summed E-state index contributed by atoms with van der Waals surface area (Å²) in [4.78, 5) is 14.4. The first kappa shape index (κ1) is 15.4. The Kier molecular flexibility index (Phi) is 4.48. The van der Waals surface area contributed by atoms with Crippen LogP contribution in [-0.2, 0) is 10.0 Å². The number of carbonyl (C=O) groups is 1. The Morgan fingerprint density at radius 1 is 1.42 bits per heavy atom. The number of carboxylic acid groups (broad SMARTS) is 1. The molecule has 0 unspecified atom stereocenters. The van der Waals surface area contributed by atoms with Crippen LogP contribution in [0.2, 0.25) is 0 Å². The van der Waals surface area contributed by atoms with Gasteiger partial charge in [-0.05, 0) is 26.0 Å². The largest absolute Gasteiger partial charge is 0.477 e. The van der Waals surface area contributed by atoms with Crippen LogP contribution >= 0.6 is 0 Å². The summed E-state index contributed by atoms with van der Waals surface area (Å²) in [5.41, 5.74) is -0.0913. The van der Waals surface area contributed by atoms with Crippen LogP contribution in [0.25, 0.3) is 0 Å². The highest BCUT2D eigenvalue weighted by Gasteiger charge is 2.21. The molecule has 106 valence electrons. The van der Waals surface area contributed by atoms with E-state index in [1.165, 1.54) is 12.3 Å². The molecule has 0 aromatic carbocycles. The van der Waals surface area contributed by atoms with Crippen molar-refractivity contribution in [3.05, 3.63) is 24.0 Å². The molecule has 1 rings (SSSR count). The van der Waals surface area contributed by atoms with E-state index in [2.05, 4.69) is 15.0 Å². The third-order valence-electron chi connectivity index (χ3n) is 2.18. The summed E-state index contributed by atoms with van der Waals surface area (Å²) in [6, 6.07) is 2.95. The van der Waals surface area contributed by atoms with E-state index < -0.39 is 21.5 Å². The molecule has 8 heteroatoms. The maximum Gasteiger partial charge on any atom is 0.354 e. The molecule has 1 aromatic rings. The minimum atomic E-state index is -3.29. The molecule has 0 atom stereocenters. The van der Waals surface area contributed by atoms with Gasteiger partial charge in [-0.25, -0.2) is 22.9 Å². The first-order valence-electron chi connectivity index (χ1n) is 5.51. The van der Waals surface area contributed by atoms with Crippen molar-refractivity contribution >= 4 is 21.7 Å². The zero-order valence-electron chi connectivity index (χ0n) is 11.0. The van der Waals surface area contributed by atoms with Crippen LogP contribution in [0, 0.1) is 0 Å². The summed E-state index contributed by atoms with van der Waals surface area (Å²) in [5, 5.41) is 11.7. The molecule has 0 aliphatic heterocycles. The summed E-state index contributed by atoms with van der Waals surface area (Å²) >= 11 is 0. The quantitative estimate of drug-likeness (QED) is 0.704. The Labute approximate surface area is 112 Å². The first-order valence-corrected chi connectivity index (χ1v) is 7.40. The summed E-state index contributed by atoms with van der Waals surface area (Å²) in [5.74, 6) is -1.09. The van der Waals surface area contributed by atoms with E-state index in [9.17, 15) is 13.2 Å². The molecular formula is C11H17N3O4S. The maximum atomic E-state index is 11.2. The van der Waals surface area contributed by atoms with Crippen LogP contribution in [0.15, 0.2) is 18.3 Å². The number of aromatic nitrogens is 1. The highest BCUT2D eigenvalue weighted by atomic mass is 32.2. The van der Waals surface area contributed by atoms with Gasteiger partial charge < -0.3 is 10.4 Å². The minimum absolute atomic E-state index is 0.0425. The van der Waals surface area contributed by atoms with Crippen LogP contribution in [0.5, 0.6) is 0 Å². The Morgan fingerprint density at radius 3 is 2.47 bits per heavy atom. The number of hydrogen-bond acceptors (Lipinski definition) is 5. The Morgan fingerprint density at radius 2 is 2.05 bits per heavy atom. The molecule has 0 radical (unpaired) electrons. The highest BCUT2D eigenvalue weighted by Crippen LogP contribution is 2.10. The Bertz CT molecular complexity index is 552. The number of rotatable bonds is 6. The fraction of sp³-hybridized carbons (Fsp3) is 0.455. The summed E-state index contributed by atoms with van der Waals surface area (Å²) in [6.07, 6.45) is 2.48. The predicted octanol–water partition coefficient (Wildman–Crippen LogP) is 0.519. The average Bonchev–Trinajstić information content (AvgIpc) is 2.24. The summed E-state index contributed by atoms with van der Waals surface area (Å²) in [6.45, 7) is 3.81. The molecule has 0 amide bonds. The zero-order valence-corrected chi connectivity index (χ0v) is 11.8. The third-order valence-corrected chi connectivity index (χ3v) is 3.10. The van der Waals surface area contributed by atoms with Gasteiger partial charge in [0, 0.05) is 12.1 Å². The van der Waals surface area contributed by atoms with E-state index in [1.54, 1.807) is 19.9 Å². The van der Waals surface area contributed by atoms with E-state index in [0.29, 0.717) is 12.2 Å².